The lowest BCUT2D eigenvalue weighted by molar-refractivity contribution is -0.193. The van der Waals surface area contributed by atoms with E-state index in [4.69, 9.17) is 15.1 Å². The van der Waals surface area contributed by atoms with Crippen LogP contribution in [0, 0.1) is 0 Å². The number of nitrogens with zero attached hydrogens (tertiary/aromatic N) is 1. The molecule has 0 aliphatic heterocycles. The number of rotatable bonds is 7. The Kier molecular flexibility index (Phi) is 6.24. The molecule has 0 spiro atoms. The second-order valence-corrected chi connectivity index (χ2v) is 3.50. The topological polar surface area (TPSA) is 70.0 Å². The van der Waals surface area contributed by atoms with Gasteiger partial charge in [0.2, 0.25) is 0 Å². The van der Waals surface area contributed by atoms with E-state index in [9.17, 15) is 4.79 Å². The van der Waals surface area contributed by atoms with Crippen LogP contribution < -0.4 is 0 Å². The van der Waals surface area contributed by atoms with Gasteiger partial charge in [0, 0.05) is 0 Å². The molecule has 5 heteroatoms. The zero-order valence-corrected chi connectivity index (χ0v) is 9.58. The summed E-state index contributed by atoms with van der Waals surface area (Å²) >= 11 is 0. The Hall–Kier alpha value is -1.43. The molecule has 94 valence electrons. The number of benzene rings is 1. The summed E-state index contributed by atoms with van der Waals surface area (Å²) in [6.45, 7) is 0.138. The molecule has 0 fully saturated rings. The zero-order valence-electron chi connectivity index (χ0n) is 9.58. The highest BCUT2D eigenvalue weighted by Crippen LogP contribution is 2.02. The van der Waals surface area contributed by atoms with Crippen molar-refractivity contribution in [1.82, 2.24) is 5.06 Å². The predicted molar refractivity (Wildman–Crippen MR) is 62.0 cm³/mol. The van der Waals surface area contributed by atoms with Gasteiger partial charge in [-0.25, -0.2) is 4.79 Å². The molecule has 0 heterocycles. The highest BCUT2D eigenvalue weighted by Gasteiger charge is 2.11. The molecule has 0 bridgehead atoms. The summed E-state index contributed by atoms with van der Waals surface area (Å²) in [5.74, 6) is -0.405. The summed E-state index contributed by atoms with van der Waals surface area (Å²) in [4.78, 5) is 16.6. The molecule has 0 amide bonds. The van der Waals surface area contributed by atoms with E-state index in [0.29, 0.717) is 0 Å². The number of aliphatic hydroxyl groups excluding tert-OH is 2. The molecule has 0 atom stereocenters. The second-order valence-electron chi connectivity index (χ2n) is 3.50. The van der Waals surface area contributed by atoms with Gasteiger partial charge in [-0.3, -0.25) is 0 Å². The third kappa shape index (κ3) is 5.44. The van der Waals surface area contributed by atoms with E-state index in [1.807, 2.05) is 30.3 Å². The Balaban J connectivity index is 2.42. The maximum absolute atomic E-state index is 11.5. The van der Waals surface area contributed by atoms with Crippen molar-refractivity contribution in [3.63, 3.8) is 0 Å². The number of carbonyl (C=O) groups is 1. The van der Waals surface area contributed by atoms with Gasteiger partial charge in [-0.05, 0) is 5.56 Å². The predicted octanol–water partition coefficient (Wildman–Crippen LogP) is -0.0261. The summed E-state index contributed by atoms with van der Waals surface area (Å²) in [6, 6.07) is 9.25. The number of hydroxylamine groups is 2. The first-order valence-corrected chi connectivity index (χ1v) is 5.47. The van der Waals surface area contributed by atoms with Crippen molar-refractivity contribution < 1.29 is 19.8 Å². The van der Waals surface area contributed by atoms with Gasteiger partial charge in [0.05, 0.1) is 32.7 Å². The third-order valence-corrected chi connectivity index (χ3v) is 2.12. The van der Waals surface area contributed by atoms with E-state index in [2.05, 4.69) is 0 Å². The van der Waals surface area contributed by atoms with Crippen LogP contribution in [0.25, 0.3) is 0 Å². The molecule has 0 radical (unpaired) electrons. The van der Waals surface area contributed by atoms with E-state index < -0.39 is 5.97 Å². The summed E-state index contributed by atoms with van der Waals surface area (Å²) < 4.78 is 0. The molecule has 1 rings (SSSR count). The van der Waals surface area contributed by atoms with Crippen molar-refractivity contribution >= 4 is 5.97 Å². The SMILES string of the molecule is O=C(Cc1ccccc1)ON(CCO)CCO. The highest BCUT2D eigenvalue weighted by molar-refractivity contribution is 5.72. The molecule has 0 aliphatic carbocycles. The van der Waals surface area contributed by atoms with Crippen LogP contribution in [0.15, 0.2) is 30.3 Å². The minimum Gasteiger partial charge on any atom is -0.395 e. The molecule has 0 aromatic heterocycles. The van der Waals surface area contributed by atoms with Crippen LogP contribution in [-0.4, -0.2) is 47.5 Å². The van der Waals surface area contributed by atoms with Crippen LogP contribution in [0.5, 0.6) is 0 Å². The van der Waals surface area contributed by atoms with Gasteiger partial charge in [-0.2, -0.15) is 0 Å². The first kappa shape index (κ1) is 13.6. The van der Waals surface area contributed by atoms with Gasteiger partial charge >= 0.3 is 5.97 Å². The van der Waals surface area contributed by atoms with Gasteiger partial charge in [0.25, 0.3) is 0 Å². The third-order valence-electron chi connectivity index (χ3n) is 2.12. The standard InChI is InChI=1S/C12H17NO4/c14-8-6-13(7-9-15)17-12(16)10-11-4-2-1-3-5-11/h1-5,14-15H,6-10H2. The minimum atomic E-state index is -0.405. The van der Waals surface area contributed by atoms with Crippen LogP contribution in [0.3, 0.4) is 0 Å². The quantitative estimate of drug-likeness (QED) is 0.654. The monoisotopic (exact) mass is 239 g/mol. The number of carbonyl (C=O) groups excluding carboxylic acids is 1. The Bertz CT molecular complexity index is 323. The van der Waals surface area contributed by atoms with Crippen molar-refractivity contribution in [2.24, 2.45) is 0 Å². The maximum atomic E-state index is 11.5. The summed E-state index contributed by atoms with van der Waals surface area (Å²) in [6.07, 6.45) is 0.175. The Morgan fingerprint density at radius 1 is 1.12 bits per heavy atom. The second kappa shape index (κ2) is 7.78. The molecule has 5 nitrogen and oxygen atoms in total. The van der Waals surface area contributed by atoms with Crippen LogP contribution in [0.4, 0.5) is 0 Å². The van der Waals surface area contributed by atoms with Crippen LogP contribution in [-0.2, 0) is 16.1 Å². The molecule has 0 saturated carbocycles. The molecule has 0 aliphatic rings. The van der Waals surface area contributed by atoms with Gasteiger partial charge in [0.1, 0.15) is 0 Å². The molecule has 0 unspecified atom stereocenters. The maximum Gasteiger partial charge on any atom is 0.329 e. The number of hydrogen-bond acceptors (Lipinski definition) is 5. The van der Waals surface area contributed by atoms with E-state index in [1.165, 1.54) is 5.06 Å². The van der Waals surface area contributed by atoms with Crippen molar-refractivity contribution in [2.75, 3.05) is 26.3 Å². The smallest absolute Gasteiger partial charge is 0.329 e. The number of hydrogen-bond donors (Lipinski definition) is 2. The average Bonchev–Trinajstić information content (AvgIpc) is 2.30. The van der Waals surface area contributed by atoms with Crippen LogP contribution in [0.1, 0.15) is 5.56 Å². The zero-order chi connectivity index (χ0) is 12.5. The molecule has 0 saturated heterocycles. The van der Waals surface area contributed by atoms with Crippen molar-refractivity contribution in [3.05, 3.63) is 35.9 Å². The van der Waals surface area contributed by atoms with E-state index >= 15 is 0 Å². The number of aliphatic hydroxyl groups is 2. The highest BCUT2D eigenvalue weighted by atomic mass is 16.7. The fraction of sp³-hybridized carbons (Fsp3) is 0.417. The van der Waals surface area contributed by atoms with Gasteiger partial charge in [-0.15, -0.1) is 5.06 Å². The van der Waals surface area contributed by atoms with Gasteiger partial charge < -0.3 is 15.1 Å². The van der Waals surface area contributed by atoms with Crippen LogP contribution >= 0.6 is 0 Å². The van der Waals surface area contributed by atoms with Crippen molar-refractivity contribution in [2.45, 2.75) is 6.42 Å². The normalized spacial score (nSPS) is 10.5. The van der Waals surface area contributed by atoms with E-state index in [0.717, 1.165) is 5.56 Å². The Labute approximate surface area is 100 Å². The van der Waals surface area contributed by atoms with Crippen LogP contribution in [0.2, 0.25) is 0 Å². The molecular weight excluding hydrogens is 222 g/mol. The first-order valence-electron chi connectivity index (χ1n) is 5.47. The van der Waals surface area contributed by atoms with Gasteiger partial charge in [-0.1, -0.05) is 30.3 Å². The fourth-order valence-electron chi connectivity index (χ4n) is 1.36. The molecule has 2 N–H and O–H groups in total. The van der Waals surface area contributed by atoms with Crippen molar-refractivity contribution in [3.8, 4) is 0 Å². The first-order chi connectivity index (χ1) is 8.26. The van der Waals surface area contributed by atoms with E-state index in [1.54, 1.807) is 0 Å². The van der Waals surface area contributed by atoms with Gasteiger partial charge in [0.15, 0.2) is 0 Å². The lowest BCUT2D eigenvalue weighted by Crippen LogP contribution is -2.33. The van der Waals surface area contributed by atoms with E-state index in [-0.39, 0.29) is 32.7 Å². The molecule has 1 aromatic rings. The Morgan fingerprint density at radius 2 is 1.71 bits per heavy atom. The summed E-state index contributed by atoms with van der Waals surface area (Å²) in [7, 11) is 0. The summed E-state index contributed by atoms with van der Waals surface area (Å²) in [5.41, 5.74) is 0.866. The summed E-state index contributed by atoms with van der Waals surface area (Å²) in [5, 5.41) is 18.8. The minimum absolute atomic E-state index is 0.126. The fourth-order valence-corrected chi connectivity index (χ4v) is 1.36. The molecule has 1 aromatic carbocycles. The largest absolute Gasteiger partial charge is 0.395 e. The Morgan fingerprint density at radius 3 is 2.24 bits per heavy atom. The van der Waals surface area contributed by atoms with Crippen molar-refractivity contribution in [1.29, 1.82) is 0 Å². The molecule has 17 heavy (non-hydrogen) atoms. The molecular formula is C12H17NO4. The average molecular weight is 239 g/mol. The lowest BCUT2D eigenvalue weighted by atomic mass is 10.2. The lowest BCUT2D eigenvalue weighted by Gasteiger charge is -2.18.